The van der Waals surface area contributed by atoms with Crippen LogP contribution in [0.2, 0.25) is 0 Å². The van der Waals surface area contributed by atoms with Crippen molar-refractivity contribution in [1.82, 2.24) is 0 Å². The number of fused-ring (bicyclic) bond motifs is 2. The van der Waals surface area contributed by atoms with Crippen molar-refractivity contribution in [3.8, 4) is 22.6 Å². The van der Waals surface area contributed by atoms with Crippen LogP contribution in [0.4, 0.5) is 34.1 Å². The van der Waals surface area contributed by atoms with Gasteiger partial charge in [0.2, 0.25) is 0 Å². The molecule has 0 radical (unpaired) electrons. The summed E-state index contributed by atoms with van der Waals surface area (Å²) in [7, 11) is -10.1. The van der Waals surface area contributed by atoms with Crippen LogP contribution < -0.4 is 70.6 Å². The first-order chi connectivity index (χ1) is 22.7. The third-order valence-electron chi connectivity index (χ3n) is 7.29. The average Bonchev–Trinajstić information content (AvgIpc) is 3.03. The topological polar surface area (TPSA) is 256 Å². The first-order valence-electron chi connectivity index (χ1n) is 13.8. The normalized spacial score (nSPS) is 12.0. The smallest absolute Gasteiger partial charge is 0.744 e. The van der Waals surface area contributed by atoms with Gasteiger partial charge in [-0.2, -0.15) is 10.2 Å². The van der Waals surface area contributed by atoms with Crippen LogP contribution in [0.1, 0.15) is 0 Å². The van der Waals surface area contributed by atoms with Crippen LogP contribution in [-0.4, -0.2) is 36.2 Å². The minimum Gasteiger partial charge on any atom is -0.744 e. The zero-order valence-electron chi connectivity index (χ0n) is 26.3. The van der Waals surface area contributed by atoms with Crippen molar-refractivity contribution in [3.05, 3.63) is 97.1 Å². The molecule has 0 saturated heterocycles. The average molecular weight is 729 g/mol. The molecule has 0 aliphatic heterocycles. The summed E-state index contributed by atoms with van der Waals surface area (Å²) in [6, 6.07) is 24.1. The molecule has 6 aromatic rings. The van der Waals surface area contributed by atoms with E-state index in [1.54, 1.807) is 48.5 Å². The molecule has 0 fully saturated rings. The first kappa shape index (κ1) is 38.9. The second kappa shape index (κ2) is 15.1. The van der Waals surface area contributed by atoms with Gasteiger partial charge in [-0.25, -0.2) is 16.8 Å². The van der Waals surface area contributed by atoms with Gasteiger partial charge in [-0.3, -0.25) is 0 Å². The maximum Gasteiger partial charge on any atom is 1.00 e. The number of rotatable bonds is 7. The van der Waals surface area contributed by atoms with Crippen molar-refractivity contribution in [3.63, 3.8) is 0 Å². The van der Waals surface area contributed by atoms with Gasteiger partial charge in [-0.1, -0.05) is 24.3 Å². The number of nitrogen functional groups attached to an aromatic ring is 2. The predicted octanol–water partition coefficient (Wildman–Crippen LogP) is 0.883. The van der Waals surface area contributed by atoms with E-state index in [1.165, 1.54) is 36.4 Å². The van der Waals surface area contributed by atoms with Crippen molar-refractivity contribution in [2.24, 2.45) is 20.5 Å². The van der Waals surface area contributed by atoms with Crippen LogP contribution in [0, 0.1) is 0 Å². The molecule has 0 aromatic heterocycles. The standard InChI is InChI=1S/C32H24N6O8S2.2Na/c33-21-5-11-25-19(13-21)15-27(47(41,42)43)29(31(25)39)37-35-23-7-1-17(2-8-23)18-3-9-24(10-4-18)36-38-30-28(48(44,45)46)16-20-14-22(34)6-12-26(20)32(30)40;;/h1-16,39-40H,33-34H2,(H,41,42,43)(H,44,45,46);;/q;2*+1/p-2. The minimum absolute atomic E-state index is 0. The molecule has 0 aliphatic rings. The molecule has 18 heteroatoms. The molecular weight excluding hydrogens is 707 g/mol. The Morgan fingerprint density at radius 3 is 1.16 bits per heavy atom. The molecule has 0 heterocycles. The molecule has 6 rings (SSSR count). The van der Waals surface area contributed by atoms with Gasteiger partial charge in [0, 0.05) is 22.1 Å². The second-order valence-electron chi connectivity index (χ2n) is 10.5. The van der Waals surface area contributed by atoms with Gasteiger partial charge in [0.05, 0.1) is 21.2 Å². The predicted molar refractivity (Wildman–Crippen MR) is 176 cm³/mol. The van der Waals surface area contributed by atoms with Crippen LogP contribution in [0.5, 0.6) is 11.5 Å². The largest absolute Gasteiger partial charge is 1.00 e. The molecule has 0 aliphatic carbocycles. The summed E-state index contributed by atoms with van der Waals surface area (Å²) in [5.74, 6) is -1.07. The van der Waals surface area contributed by atoms with E-state index in [1.807, 2.05) is 0 Å². The molecule has 0 bridgehead atoms. The SMILES string of the molecule is Nc1ccc2c(O)c(N=Nc3ccc(-c4ccc(N=Nc5c(S(=O)(=O)[O-])cc6cc(N)ccc6c5O)cc4)cc3)c(S(=O)(=O)[O-])cc2c1.[Na+].[Na+]. The Morgan fingerprint density at radius 1 is 0.500 bits per heavy atom. The Morgan fingerprint density at radius 2 is 0.840 bits per heavy atom. The molecule has 0 spiro atoms. The Hall–Kier alpha value is -3.94. The summed E-state index contributed by atoms with van der Waals surface area (Å²) in [4.78, 5) is -1.50. The number of nitrogens with zero attached hydrogens (tertiary/aromatic N) is 4. The van der Waals surface area contributed by atoms with Crippen molar-refractivity contribution in [2.75, 3.05) is 11.5 Å². The minimum atomic E-state index is -5.03. The van der Waals surface area contributed by atoms with Crippen LogP contribution in [-0.2, 0) is 20.2 Å². The van der Waals surface area contributed by atoms with E-state index in [-0.39, 0.29) is 92.0 Å². The van der Waals surface area contributed by atoms with E-state index < -0.39 is 52.9 Å². The van der Waals surface area contributed by atoms with E-state index in [0.29, 0.717) is 11.4 Å². The first-order valence-corrected chi connectivity index (χ1v) is 16.6. The third kappa shape index (κ3) is 8.16. The van der Waals surface area contributed by atoms with Gasteiger partial charge in [0.1, 0.15) is 31.6 Å². The monoisotopic (exact) mass is 728 g/mol. The molecule has 0 unspecified atom stereocenters. The number of nitrogens with two attached hydrogens (primary N) is 2. The van der Waals surface area contributed by atoms with E-state index in [4.69, 9.17) is 11.5 Å². The van der Waals surface area contributed by atoms with Crippen molar-refractivity contribution >= 4 is 75.9 Å². The van der Waals surface area contributed by atoms with Gasteiger partial charge >= 0.3 is 59.1 Å². The molecule has 0 amide bonds. The van der Waals surface area contributed by atoms with Gasteiger partial charge in [0.25, 0.3) is 0 Å². The third-order valence-corrected chi connectivity index (χ3v) is 8.99. The maximum absolute atomic E-state index is 11.9. The fourth-order valence-corrected chi connectivity index (χ4v) is 6.26. The summed E-state index contributed by atoms with van der Waals surface area (Å²) >= 11 is 0. The Bertz CT molecular complexity index is 2370. The van der Waals surface area contributed by atoms with E-state index >= 15 is 0 Å². The van der Waals surface area contributed by atoms with E-state index in [9.17, 15) is 36.2 Å². The molecular formula is C32H22N6Na2O8S2. The van der Waals surface area contributed by atoms with Crippen molar-refractivity contribution < 1.29 is 95.3 Å². The maximum atomic E-state index is 11.9. The molecule has 6 aromatic carbocycles. The van der Waals surface area contributed by atoms with Gasteiger partial charge < -0.3 is 30.8 Å². The van der Waals surface area contributed by atoms with Crippen LogP contribution in [0.25, 0.3) is 32.7 Å². The molecule has 50 heavy (non-hydrogen) atoms. The fourth-order valence-electron chi connectivity index (χ4n) is 4.97. The second-order valence-corrected chi connectivity index (χ2v) is 13.2. The molecule has 14 nitrogen and oxygen atoms in total. The quantitative estimate of drug-likeness (QED) is 0.0781. The number of phenols is 2. The number of benzene rings is 6. The van der Waals surface area contributed by atoms with Crippen molar-refractivity contribution in [1.29, 1.82) is 0 Å². The summed E-state index contributed by atoms with van der Waals surface area (Å²) < 4.78 is 71.7. The zero-order chi connectivity index (χ0) is 34.4. The molecule has 0 saturated carbocycles. The molecule has 242 valence electrons. The van der Waals surface area contributed by atoms with E-state index in [2.05, 4.69) is 20.5 Å². The van der Waals surface area contributed by atoms with Crippen LogP contribution in [0.15, 0.2) is 127 Å². The Kier molecular flexibility index (Phi) is 11.8. The zero-order valence-corrected chi connectivity index (χ0v) is 32.0. The van der Waals surface area contributed by atoms with Crippen LogP contribution >= 0.6 is 0 Å². The van der Waals surface area contributed by atoms with Gasteiger partial charge in [0.15, 0.2) is 11.5 Å². The Balaban J connectivity index is 0.00000281. The Labute approximate surface area is 329 Å². The fraction of sp³-hybridized carbons (Fsp3) is 0. The summed E-state index contributed by atoms with van der Waals surface area (Å²) in [5, 5.41) is 38.2. The van der Waals surface area contributed by atoms with Gasteiger partial charge in [-0.15, -0.1) is 10.2 Å². The number of hydrogen-bond acceptors (Lipinski definition) is 14. The van der Waals surface area contributed by atoms with Crippen molar-refractivity contribution in [2.45, 2.75) is 9.79 Å². The van der Waals surface area contributed by atoms with Crippen LogP contribution in [0.3, 0.4) is 0 Å². The number of anilines is 2. The summed E-state index contributed by atoms with van der Waals surface area (Å²) in [6.45, 7) is 0. The number of phenolic OH excluding ortho intramolecular Hbond substituents is 2. The van der Waals surface area contributed by atoms with Gasteiger partial charge in [-0.05, 0) is 94.7 Å². The molecule has 0 atom stereocenters. The number of aromatic hydroxyl groups is 2. The van der Waals surface area contributed by atoms with E-state index in [0.717, 1.165) is 23.3 Å². The summed E-state index contributed by atoms with van der Waals surface area (Å²) in [5.41, 5.74) is 13.2. The number of hydrogen-bond donors (Lipinski definition) is 4. The molecule has 6 N–H and O–H groups in total. The summed E-state index contributed by atoms with van der Waals surface area (Å²) in [6.07, 6.45) is 0. The number of azo groups is 2.